The molecule has 1 heterocycles. The molecule has 0 aliphatic carbocycles. The zero-order valence-electron chi connectivity index (χ0n) is 14.4. The van der Waals surface area contributed by atoms with Crippen LogP contribution in [0.25, 0.3) is 0 Å². The molecule has 0 fully saturated rings. The fourth-order valence-corrected chi connectivity index (χ4v) is 3.23. The van der Waals surface area contributed by atoms with Gasteiger partial charge >= 0.3 is 0 Å². The van der Waals surface area contributed by atoms with Gasteiger partial charge in [-0.1, -0.05) is 57.0 Å². The lowest BCUT2D eigenvalue weighted by molar-refractivity contribution is -0.130. The summed E-state index contributed by atoms with van der Waals surface area (Å²) in [5.41, 5.74) is 0.0979. The lowest BCUT2D eigenvalue weighted by Crippen LogP contribution is -2.37. The Balaban J connectivity index is 2.38. The number of hydrogen-bond acceptors (Lipinski definition) is 4. The van der Waals surface area contributed by atoms with Crippen LogP contribution in [-0.2, 0) is 11.2 Å². The predicted octanol–water partition coefficient (Wildman–Crippen LogP) is 3.74. The summed E-state index contributed by atoms with van der Waals surface area (Å²) >= 11 is 0. The Morgan fingerprint density at radius 3 is 2.42 bits per heavy atom. The summed E-state index contributed by atoms with van der Waals surface area (Å²) in [6, 6.07) is 11.7. The average Bonchev–Trinajstić information content (AvgIpc) is 3.14. The Morgan fingerprint density at radius 2 is 1.92 bits per heavy atom. The van der Waals surface area contributed by atoms with E-state index in [0.717, 1.165) is 18.4 Å². The van der Waals surface area contributed by atoms with E-state index in [2.05, 4.69) is 16.2 Å². The number of carbonyl (C=O) groups is 1. The highest BCUT2D eigenvalue weighted by atomic mass is 16.1. The number of aromatic nitrogens is 3. The number of nitriles is 1. The van der Waals surface area contributed by atoms with Gasteiger partial charge in [0.25, 0.3) is 0 Å². The number of benzene rings is 1. The summed E-state index contributed by atoms with van der Waals surface area (Å²) in [7, 11) is 0. The standard InChI is InChI=1S/C19H24N4O/c1-3-10-19(13-20,11-4-2)18(24)17(23-15-21-14-22-23)12-16-8-6-5-7-9-16/h5-9,14-15,17H,3-4,10-12H2,1-2H3. The lowest BCUT2D eigenvalue weighted by Gasteiger charge is -2.29. The first-order chi connectivity index (χ1) is 11.7. The van der Waals surface area contributed by atoms with Gasteiger partial charge < -0.3 is 0 Å². The SMILES string of the molecule is CCCC(C#N)(CCC)C(=O)C(Cc1ccccc1)n1cncn1. The molecule has 0 amide bonds. The molecule has 24 heavy (non-hydrogen) atoms. The van der Waals surface area contributed by atoms with Crippen LogP contribution in [0.4, 0.5) is 0 Å². The van der Waals surface area contributed by atoms with Crippen molar-refractivity contribution in [2.75, 3.05) is 0 Å². The third-order valence-corrected chi connectivity index (χ3v) is 4.37. The maximum atomic E-state index is 13.4. The van der Waals surface area contributed by atoms with Crippen LogP contribution >= 0.6 is 0 Å². The number of carbonyl (C=O) groups excluding carboxylic acids is 1. The minimum Gasteiger partial charge on any atom is -0.295 e. The molecule has 0 saturated carbocycles. The molecule has 2 rings (SSSR count). The van der Waals surface area contributed by atoms with E-state index in [9.17, 15) is 10.1 Å². The summed E-state index contributed by atoms with van der Waals surface area (Å²) in [4.78, 5) is 17.4. The molecule has 0 radical (unpaired) electrons. The molecule has 0 bridgehead atoms. The van der Waals surface area contributed by atoms with E-state index < -0.39 is 11.5 Å². The molecule has 0 N–H and O–H groups in total. The van der Waals surface area contributed by atoms with E-state index in [1.807, 2.05) is 44.2 Å². The van der Waals surface area contributed by atoms with Crippen LogP contribution < -0.4 is 0 Å². The molecule has 2 aromatic rings. The Kier molecular flexibility index (Phi) is 6.25. The van der Waals surface area contributed by atoms with Crippen molar-refractivity contribution in [3.05, 3.63) is 48.5 Å². The van der Waals surface area contributed by atoms with Crippen LogP contribution in [0.1, 0.15) is 51.1 Å². The van der Waals surface area contributed by atoms with Crippen LogP contribution in [0.5, 0.6) is 0 Å². The third-order valence-electron chi connectivity index (χ3n) is 4.37. The first-order valence-corrected chi connectivity index (χ1v) is 8.50. The van der Waals surface area contributed by atoms with E-state index in [1.165, 1.54) is 6.33 Å². The molecule has 5 nitrogen and oxygen atoms in total. The van der Waals surface area contributed by atoms with E-state index in [0.29, 0.717) is 19.3 Å². The van der Waals surface area contributed by atoms with E-state index in [-0.39, 0.29) is 5.78 Å². The van der Waals surface area contributed by atoms with Gasteiger partial charge in [0.2, 0.25) is 0 Å². The summed E-state index contributed by atoms with van der Waals surface area (Å²) in [5, 5.41) is 14.0. The van der Waals surface area contributed by atoms with Crippen molar-refractivity contribution >= 4 is 5.78 Å². The van der Waals surface area contributed by atoms with Crippen LogP contribution in [-0.4, -0.2) is 20.5 Å². The molecule has 5 heteroatoms. The number of nitrogens with zero attached hydrogens (tertiary/aromatic N) is 4. The van der Waals surface area contributed by atoms with Gasteiger partial charge in [0.1, 0.15) is 24.1 Å². The lowest BCUT2D eigenvalue weighted by atomic mass is 9.73. The molecular weight excluding hydrogens is 300 g/mol. The van der Waals surface area contributed by atoms with Gasteiger partial charge in [-0.15, -0.1) is 0 Å². The smallest absolute Gasteiger partial charge is 0.177 e. The van der Waals surface area contributed by atoms with Crippen LogP contribution in [0, 0.1) is 16.7 Å². The zero-order chi connectivity index (χ0) is 17.4. The van der Waals surface area contributed by atoms with Gasteiger partial charge in [-0.2, -0.15) is 10.4 Å². The maximum absolute atomic E-state index is 13.4. The number of hydrogen-bond donors (Lipinski definition) is 0. The van der Waals surface area contributed by atoms with Gasteiger partial charge in [0.05, 0.1) is 6.07 Å². The quantitative estimate of drug-likeness (QED) is 0.704. The Morgan fingerprint density at radius 1 is 1.25 bits per heavy atom. The molecule has 1 atom stereocenters. The summed E-state index contributed by atoms with van der Waals surface area (Å²) in [6.07, 6.45) is 6.26. The molecule has 1 aromatic carbocycles. The second-order valence-electron chi connectivity index (χ2n) is 6.14. The van der Waals surface area contributed by atoms with Gasteiger partial charge in [0.15, 0.2) is 5.78 Å². The fourth-order valence-electron chi connectivity index (χ4n) is 3.23. The van der Waals surface area contributed by atoms with E-state index >= 15 is 0 Å². The molecule has 0 saturated heterocycles. The molecule has 126 valence electrons. The molecule has 0 aliphatic rings. The molecule has 1 aromatic heterocycles. The summed E-state index contributed by atoms with van der Waals surface area (Å²) < 4.78 is 1.59. The molecule has 1 unspecified atom stereocenters. The minimum atomic E-state index is -0.950. The van der Waals surface area contributed by atoms with Gasteiger partial charge in [-0.05, 0) is 18.4 Å². The number of rotatable bonds is 9. The highest BCUT2D eigenvalue weighted by Crippen LogP contribution is 2.35. The van der Waals surface area contributed by atoms with Crippen LogP contribution in [0.15, 0.2) is 43.0 Å². The third kappa shape index (κ3) is 3.88. The monoisotopic (exact) mass is 324 g/mol. The van der Waals surface area contributed by atoms with Crippen LogP contribution in [0.3, 0.4) is 0 Å². The summed E-state index contributed by atoms with van der Waals surface area (Å²) in [5.74, 6) is -0.0527. The Bertz CT molecular complexity index is 667. The highest BCUT2D eigenvalue weighted by molar-refractivity contribution is 5.91. The van der Waals surface area contributed by atoms with Crippen molar-refractivity contribution in [3.63, 3.8) is 0 Å². The van der Waals surface area contributed by atoms with Crippen LogP contribution in [0.2, 0.25) is 0 Å². The number of Topliss-reactive ketones (excluding diaryl/α,β-unsaturated/α-hetero) is 1. The zero-order valence-corrected chi connectivity index (χ0v) is 14.4. The Hall–Kier alpha value is -2.48. The molecular formula is C19H24N4O. The first kappa shape index (κ1) is 17.9. The van der Waals surface area contributed by atoms with E-state index in [1.54, 1.807) is 11.0 Å². The van der Waals surface area contributed by atoms with Crippen molar-refractivity contribution < 1.29 is 4.79 Å². The van der Waals surface area contributed by atoms with Crippen molar-refractivity contribution in [3.8, 4) is 6.07 Å². The Labute approximate surface area is 143 Å². The minimum absolute atomic E-state index is 0.0527. The molecule has 0 spiro atoms. The predicted molar refractivity (Wildman–Crippen MR) is 92.1 cm³/mol. The van der Waals surface area contributed by atoms with Crippen molar-refractivity contribution in [1.82, 2.24) is 14.8 Å². The average molecular weight is 324 g/mol. The van der Waals surface area contributed by atoms with Crippen molar-refractivity contribution in [1.29, 1.82) is 5.26 Å². The second kappa shape index (κ2) is 8.39. The van der Waals surface area contributed by atoms with Gasteiger partial charge in [-0.25, -0.2) is 9.67 Å². The van der Waals surface area contributed by atoms with Crippen molar-refractivity contribution in [2.45, 2.75) is 52.0 Å². The van der Waals surface area contributed by atoms with E-state index in [4.69, 9.17) is 0 Å². The van der Waals surface area contributed by atoms with Gasteiger partial charge in [-0.3, -0.25) is 4.79 Å². The topological polar surface area (TPSA) is 71.6 Å². The van der Waals surface area contributed by atoms with Crippen molar-refractivity contribution in [2.24, 2.45) is 5.41 Å². The van der Waals surface area contributed by atoms with Gasteiger partial charge in [0, 0.05) is 6.42 Å². The largest absolute Gasteiger partial charge is 0.295 e. The maximum Gasteiger partial charge on any atom is 0.177 e. The first-order valence-electron chi connectivity index (χ1n) is 8.50. The number of ketones is 1. The second-order valence-corrected chi connectivity index (χ2v) is 6.14. The highest BCUT2D eigenvalue weighted by Gasteiger charge is 2.42. The fraction of sp³-hybridized carbons (Fsp3) is 0.474. The summed E-state index contributed by atoms with van der Waals surface area (Å²) in [6.45, 7) is 4.02. The molecule has 0 aliphatic heterocycles. The normalized spacial score (nSPS) is 12.5.